The monoisotopic (exact) mass is 581 g/mol. The Bertz CT molecular complexity index is 2560. The Hall–Kier alpha value is -6.14. The summed E-state index contributed by atoms with van der Waals surface area (Å²) in [5.41, 5.74) is 10.5. The third kappa shape index (κ3) is 3.89. The summed E-state index contributed by atoms with van der Waals surface area (Å²) in [7, 11) is 0. The number of aromatic nitrogens is 5. The van der Waals surface area contributed by atoms with E-state index in [1.54, 1.807) is 12.1 Å². The van der Waals surface area contributed by atoms with Gasteiger partial charge in [-0.25, -0.2) is 19.3 Å². The number of rotatable bonds is 4. The smallest absolute Gasteiger partial charge is 0.159 e. The molecule has 212 valence electrons. The zero-order valence-electron chi connectivity index (χ0n) is 24.0. The van der Waals surface area contributed by atoms with Crippen molar-refractivity contribution in [2.45, 2.75) is 0 Å². The molecule has 45 heavy (non-hydrogen) atoms. The number of halogens is 1. The predicted molar refractivity (Wildman–Crippen MR) is 179 cm³/mol. The van der Waals surface area contributed by atoms with Crippen LogP contribution in [0.2, 0.25) is 0 Å². The van der Waals surface area contributed by atoms with Crippen LogP contribution in [0.3, 0.4) is 0 Å². The first-order valence-electron chi connectivity index (χ1n) is 14.8. The van der Waals surface area contributed by atoms with Gasteiger partial charge in [-0.15, -0.1) is 0 Å². The summed E-state index contributed by atoms with van der Waals surface area (Å²) < 4.78 is 20.0. The molecule has 4 aromatic heterocycles. The van der Waals surface area contributed by atoms with Crippen LogP contribution in [0.4, 0.5) is 4.39 Å². The van der Waals surface area contributed by atoms with Crippen LogP contribution in [0.1, 0.15) is 0 Å². The van der Waals surface area contributed by atoms with Crippen LogP contribution >= 0.6 is 0 Å². The van der Waals surface area contributed by atoms with Crippen molar-refractivity contribution >= 4 is 38.6 Å². The maximum atomic E-state index is 15.5. The molecule has 0 unspecified atom stereocenters. The fourth-order valence-electron chi connectivity index (χ4n) is 6.50. The highest BCUT2D eigenvalue weighted by atomic mass is 19.1. The molecule has 0 amide bonds. The number of imidazole rings is 1. The lowest BCUT2D eigenvalue weighted by atomic mass is 9.98. The topological polar surface area (TPSA) is 48.0 Å². The summed E-state index contributed by atoms with van der Waals surface area (Å²) >= 11 is 0. The van der Waals surface area contributed by atoms with Crippen molar-refractivity contribution in [3.05, 3.63) is 152 Å². The summed E-state index contributed by atoms with van der Waals surface area (Å²) in [5.74, 6) is 0.210. The first-order valence-corrected chi connectivity index (χ1v) is 14.8. The molecule has 4 heterocycles. The molecule has 0 aliphatic carbocycles. The van der Waals surface area contributed by atoms with Crippen molar-refractivity contribution in [1.29, 1.82) is 0 Å². The molecule has 0 saturated carbocycles. The second kappa shape index (κ2) is 9.96. The summed E-state index contributed by atoms with van der Waals surface area (Å²) in [5, 5.41) is 1.11. The number of hydrogen-bond acceptors (Lipinski definition) is 3. The molecule has 0 bridgehead atoms. The molecule has 5 nitrogen and oxygen atoms in total. The van der Waals surface area contributed by atoms with Crippen LogP contribution in [0.5, 0.6) is 0 Å². The van der Waals surface area contributed by atoms with Crippen molar-refractivity contribution in [2.75, 3.05) is 0 Å². The first-order chi connectivity index (χ1) is 22.3. The summed E-state index contributed by atoms with van der Waals surface area (Å²) in [4.78, 5) is 14.7. The van der Waals surface area contributed by atoms with Crippen LogP contribution in [0.15, 0.2) is 146 Å². The number of benzene rings is 5. The van der Waals surface area contributed by atoms with Crippen LogP contribution in [-0.4, -0.2) is 23.9 Å². The number of hydrogen-bond donors (Lipinski definition) is 0. The summed E-state index contributed by atoms with van der Waals surface area (Å²) in [6.45, 7) is 0. The Balaban J connectivity index is 1.36. The largest absolute Gasteiger partial charge is 0.307 e. The molecule has 0 radical (unpaired) electrons. The van der Waals surface area contributed by atoms with Crippen molar-refractivity contribution < 1.29 is 4.39 Å². The third-order valence-corrected chi connectivity index (χ3v) is 8.47. The van der Waals surface area contributed by atoms with E-state index < -0.39 is 0 Å². The first kappa shape index (κ1) is 25.4. The minimum atomic E-state index is -0.333. The minimum Gasteiger partial charge on any atom is -0.307 e. The SMILES string of the molecule is Fc1ccccc1-c1nc(-c2ccccc2)ncc1-c1ccccc1-n1c2ccccc2c2c1ccc1nc3ccccc3n12. The van der Waals surface area contributed by atoms with Gasteiger partial charge < -0.3 is 4.57 Å². The van der Waals surface area contributed by atoms with Gasteiger partial charge in [0.25, 0.3) is 0 Å². The van der Waals surface area contributed by atoms with Gasteiger partial charge >= 0.3 is 0 Å². The molecule has 6 heteroatoms. The minimum absolute atomic E-state index is 0.333. The fourth-order valence-corrected chi connectivity index (χ4v) is 6.50. The highest BCUT2D eigenvalue weighted by molar-refractivity contribution is 6.10. The molecule has 5 aromatic carbocycles. The second-order valence-electron chi connectivity index (χ2n) is 11.0. The van der Waals surface area contributed by atoms with Crippen molar-refractivity contribution in [2.24, 2.45) is 0 Å². The van der Waals surface area contributed by atoms with E-state index in [2.05, 4.69) is 63.6 Å². The van der Waals surface area contributed by atoms with E-state index in [1.807, 2.05) is 72.9 Å². The Kier molecular flexibility index (Phi) is 5.62. The maximum absolute atomic E-state index is 15.5. The molecule has 9 aromatic rings. The van der Waals surface area contributed by atoms with Gasteiger partial charge in [0.1, 0.15) is 11.5 Å². The van der Waals surface area contributed by atoms with Crippen LogP contribution in [-0.2, 0) is 0 Å². The normalized spacial score (nSPS) is 11.7. The van der Waals surface area contributed by atoms with Crippen molar-refractivity contribution in [3.63, 3.8) is 0 Å². The highest BCUT2D eigenvalue weighted by Gasteiger charge is 2.22. The summed E-state index contributed by atoms with van der Waals surface area (Å²) in [6.07, 6.45) is 1.82. The molecule has 0 aliphatic rings. The lowest BCUT2D eigenvalue weighted by Gasteiger charge is -2.17. The molecular formula is C39H24FN5. The Labute approximate surface area is 257 Å². The molecule has 0 saturated heterocycles. The number of fused-ring (bicyclic) bond motifs is 7. The van der Waals surface area contributed by atoms with E-state index in [0.717, 1.165) is 61.0 Å². The van der Waals surface area contributed by atoms with E-state index in [-0.39, 0.29) is 5.82 Å². The van der Waals surface area contributed by atoms with Gasteiger partial charge in [0.05, 0.1) is 39.0 Å². The second-order valence-corrected chi connectivity index (χ2v) is 11.0. The van der Waals surface area contributed by atoms with Gasteiger partial charge in [-0.05, 0) is 48.5 Å². The molecule has 0 atom stereocenters. The fraction of sp³-hybridized carbons (Fsp3) is 0. The molecular weight excluding hydrogens is 557 g/mol. The van der Waals surface area contributed by atoms with Crippen LogP contribution in [0.25, 0.3) is 78.1 Å². The Morgan fingerprint density at radius 2 is 1.24 bits per heavy atom. The predicted octanol–water partition coefficient (Wildman–Crippen LogP) is 9.51. The lowest BCUT2D eigenvalue weighted by Crippen LogP contribution is -2.01. The lowest BCUT2D eigenvalue weighted by molar-refractivity contribution is 0.631. The van der Waals surface area contributed by atoms with E-state index >= 15 is 4.39 Å². The quantitative estimate of drug-likeness (QED) is 0.208. The number of para-hydroxylation sites is 4. The van der Waals surface area contributed by atoms with Gasteiger partial charge in [-0.2, -0.15) is 0 Å². The number of pyridine rings is 1. The zero-order chi connectivity index (χ0) is 29.9. The number of nitrogens with zero attached hydrogens (tertiary/aromatic N) is 5. The average Bonchev–Trinajstić information content (AvgIpc) is 3.64. The van der Waals surface area contributed by atoms with Crippen molar-refractivity contribution in [1.82, 2.24) is 23.9 Å². The van der Waals surface area contributed by atoms with Crippen molar-refractivity contribution in [3.8, 4) is 39.5 Å². The Morgan fingerprint density at radius 3 is 2.11 bits per heavy atom. The molecule has 9 rings (SSSR count). The van der Waals surface area contributed by atoms with Gasteiger partial charge in [-0.1, -0.05) is 91.0 Å². The maximum Gasteiger partial charge on any atom is 0.159 e. The van der Waals surface area contributed by atoms with Crippen LogP contribution in [0, 0.1) is 5.82 Å². The van der Waals surface area contributed by atoms with Gasteiger partial charge in [-0.3, -0.25) is 4.40 Å². The van der Waals surface area contributed by atoms with E-state index in [4.69, 9.17) is 15.0 Å². The van der Waals surface area contributed by atoms with E-state index in [9.17, 15) is 0 Å². The highest BCUT2D eigenvalue weighted by Crippen LogP contribution is 2.40. The molecule has 0 N–H and O–H groups in total. The third-order valence-electron chi connectivity index (χ3n) is 8.47. The molecule has 0 aliphatic heterocycles. The van der Waals surface area contributed by atoms with E-state index in [1.165, 1.54) is 6.07 Å². The summed E-state index contributed by atoms with van der Waals surface area (Å²) in [6, 6.07) is 45.7. The molecule has 0 fully saturated rings. The standard InChI is InChI=1S/C39H24FN5/c40-30-17-7-4-15-27(30)37-29(24-41-39(43-37)25-12-2-1-3-13-25)26-14-5-9-19-32(26)44-33-20-10-6-16-28(33)38-35(44)22-23-36-42-31-18-8-11-21-34(31)45(36)38/h1-24H. The van der Waals surface area contributed by atoms with E-state index in [0.29, 0.717) is 17.1 Å². The zero-order valence-corrected chi connectivity index (χ0v) is 24.0. The van der Waals surface area contributed by atoms with Crippen LogP contribution < -0.4 is 0 Å². The Morgan fingerprint density at radius 1 is 0.533 bits per heavy atom. The average molecular weight is 582 g/mol. The van der Waals surface area contributed by atoms with Gasteiger partial charge in [0, 0.05) is 33.8 Å². The molecule has 0 spiro atoms. The van der Waals surface area contributed by atoms with Gasteiger partial charge in [0.2, 0.25) is 0 Å². The van der Waals surface area contributed by atoms with Gasteiger partial charge in [0.15, 0.2) is 5.82 Å².